The number of imidazole rings is 1. The van der Waals surface area contributed by atoms with Crippen LogP contribution in [0.3, 0.4) is 0 Å². The van der Waals surface area contributed by atoms with Gasteiger partial charge in [-0.15, -0.1) is 0 Å². The maximum Gasteiger partial charge on any atom is 0.178 e. The summed E-state index contributed by atoms with van der Waals surface area (Å²) in [6.45, 7) is 0.811. The van der Waals surface area contributed by atoms with E-state index >= 15 is 0 Å². The monoisotopic (exact) mass is 447 g/mol. The maximum absolute atomic E-state index is 4.73. The first-order valence-corrected chi connectivity index (χ1v) is 10.8. The van der Waals surface area contributed by atoms with Crippen molar-refractivity contribution in [2.75, 3.05) is 14.1 Å². The highest BCUT2D eigenvalue weighted by atomic mass is 15.1. The first-order valence-electron chi connectivity index (χ1n) is 10.8. The summed E-state index contributed by atoms with van der Waals surface area (Å²) in [5.41, 5.74) is 7.91. The summed E-state index contributed by atoms with van der Waals surface area (Å²) in [6.07, 6.45) is 10.9. The second-order valence-corrected chi connectivity index (χ2v) is 8.39. The Morgan fingerprint density at radius 1 is 0.912 bits per heavy atom. The van der Waals surface area contributed by atoms with Crippen LogP contribution in [0.1, 0.15) is 5.56 Å². The molecule has 0 saturated carbocycles. The van der Waals surface area contributed by atoms with E-state index in [1.54, 1.807) is 18.6 Å². The third-order valence-electron chi connectivity index (χ3n) is 5.63. The summed E-state index contributed by atoms with van der Waals surface area (Å²) in [4.78, 5) is 28.0. The third-order valence-corrected chi connectivity index (χ3v) is 5.63. The fourth-order valence-electron chi connectivity index (χ4n) is 4.12. The molecule has 34 heavy (non-hydrogen) atoms. The Morgan fingerprint density at radius 3 is 2.68 bits per heavy atom. The number of H-pyrrole nitrogens is 2. The highest BCUT2D eigenvalue weighted by Crippen LogP contribution is 2.31. The first kappa shape index (κ1) is 20.1. The summed E-state index contributed by atoms with van der Waals surface area (Å²) in [6, 6.07) is 10.0. The Bertz CT molecular complexity index is 1620. The van der Waals surface area contributed by atoms with Crippen molar-refractivity contribution in [3.63, 3.8) is 0 Å². The summed E-state index contributed by atoms with van der Waals surface area (Å²) < 4.78 is 0. The van der Waals surface area contributed by atoms with E-state index in [0.717, 1.165) is 50.9 Å². The van der Waals surface area contributed by atoms with Crippen LogP contribution in [0.25, 0.3) is 56.0 Å². The van der Waals surface area contributed by atoms with Crippen LogP contribution >= 0.6 is 0 Å². The van der Waals surface area contributed by atoms with Crippen molar-refractivity contribution < 1.29 is 0 Å². The third kappa shape index (κ3) is 3.57. The largest absolute Gasteiger partial charge is 0.335 e. The molecule has 0 aliphatic heterocycles. The highest BCUT2D eigenvalue weighted by molar-refractivity contribution is 5.96. The lowest BCUT2D eigenvalue weighted by molar-refractivity contribution is 0.402. The Balaban J connectivity index is 1.45. The van der Waals surface area contributed by atoms with Crippen LogP contribution in [-0.4, -0.2) is 59.1 Å². The van der Waals surface area contributed by atoms with Crippen molar-refractivity contribution in [1.82, 2.24) is 45.0 Å². The molecule has 6 heterocycles. The zero-order chi connectivity index (χ0) is 23.1. The van der Waals surface area contributed by atoms with Crippen LogP contribution in [0.15, 0.2) is 67.5 Å². The normalized spacial score (nSPS) is 11.6. The minimum absolute atomic E-state index is 0.627. The zero-order valence-electron chi connectivity index (χ0n) is 18.7. The van der Waals surface area contributed by atoms with Crippen molar-refractivity contribution in [3.05, 3.63) is 73.1 Å². The topological polar surface area (TPSA) is 112 Å². The number of hydrogen-bond acceptors (Lipinski definition) is 7. The van der Waals surface area contributed by atoms with Gasteiger partial charge in [0.15, 0.2) is 11.5 Å². The Morgan fingerprint density at radius 2 is 1.82 bits per heavy atom. The van der Waals surface area contributed by atoms with Gasteiger partial charge in [0, 0.05) is 59.6 Å². The molecule has 9 nitrogen and oxygen atoms in total. The molecule has 0 aliphatic carbocycles. The molecule has 0 unspecified atom stereocenters. The van der Waals surface area contributed by atoms with Crippen molar-refractivity contribution in [2.24, 2.45) is 0 Å². The van der Waals surface area contributed by atoms with E-state index in [1.807, 2.05) is 57.0 Å². The average molecular weight is 448 g/mol. The highest BCUT2D eigenvalue weighted by Gasteiger charge is 2.17. The van der Waals surface area contributed by atoms with Crippen molar-refractivity contribution in [3.8, 4) is 33.9 Å². The van der Waals surface area contributed by atoms with Crippen LogP contribution in [0.5, 0.6) is 0 Å². The molecule has 0 amide bonds. The summed E-state index contributed by atoms with van der Waals surface area (Å²) in [5, 5.41) is 8.52. The van der Waals surface area contributed by atoms with Gasteiger partial charge in [0.25, 0.3) is 0 Å². The van der Waals surface area contributed by atoms with Gasteiger partial charge in [0.1, 0.15) is 5.69 Å². The van der Waals surface area contributed by atoms with E-state index in [4.69, 9.17) is 4.98 Å². The quantitative estimate of drug-likeness (QED) is 0.409. The van der Waals surface area contributed by atoms with Gasteiger partial charge in [-0.2, -0.15) is 5.10 Å². The van der Waals surface area contributed by atoms with E-state index in [0.29, 0.717) is 17.2 Å². The molecule has 6 aromatic rings. The lowest BCUT2D eigenvalue weighted by atomic mass is 10.1. The molecule has 166 valence electrons. The number of nitrogens with one attached hydrogen (secondary N) is 2. The van der Waals surface area contributed by atoms with E-state index in [2.05, 4.69) is 46.1 Å². The van der Waals surface area contributed by atoms with Gasteiger partial charge in [-0.1, -0.05) is 6.07 Å². The second kappa shape index (κ2) is 8.13. The predicted molar refractivity (Wildman–Crippen MR) is 131 cm³/mol. The number of rotatable bonds is 5. The molecule has 6 aromatic heterocycles. The molecule has 6 rings (SSSR count). The molecular weight excluding hydrogens is 426 g/mol. The zero-order valence-corrected chi connectivity index (χ0v) is 18.7. The van der Waals surface area contributed by atoms with Crippen LogP contribution in [0.4, 0.5) is 0 Å². The fourth-order valence-corrected chi connectivity index (χ4v) is 4.12. The maximum atomic E-state index is 4.73. The SMILES string of the molecule is CN(C)Cc1cncc(-c2cc3c(-c4nc5nccc(-c6cccnc6)c5[nH]4)n[nH]c3cn2)c1. The van der Waals surface area contributed by atoms with Gasteiger partial charge >= 0.3 is 0 Å². The molecule has 0 aliphatic rings. The van der Waals surface area contributed by atoms with Crippen LogP contribution in [-0.2, 0) is 6.54 Å². The van der Waals surface area contributed by atoms with Gasteiger partial charge in [-0.05, 0) is 43.9 Å². The molecule has 0 spiro atoms. The summed E-state index contributed by atoms with van der Waals surface area (Å²) in [7, 11) is 4.08. The van der Waals surface area contributed by atoms with Gasteiger partial charge in [-0.3, -0.25) is 20.1 Å². The molecule has 2 N–H and O–H groups in total. The molecule has 0 aromatic carbocycles. The van der Waals surface area contributed by atoms with Crippen LogP contribution in [0, 0.1) is 0 Å². The number of nitrogens with zero attached hydrogens (tertiary/aromatic N) is 7. The van der Waals surface area contributed by atoms with E-state index in [1.165, 1.54) is 0 Å². The van der Waals surface area contributed by atoms with Gasteiger partial charge in [-0.25, -0.2) is 9.97 Å². The Hall–Kier alpha value is -4.50. The summed E-state index contributed by atoms with van der Waals surface area (Å²) >= 11 is 0. The lowest BCUT2D eigenvalue weighted by Crippen LogP contribution is -2.10. The molecular formula is C25H21N9. The number of fused-ring (bicyclic) bond motifs is 2. The standard InChI is InChI=1S/C25H21N9/c1-34(2)14-15-8-17(12-27-10-15)20-9-19-21(13-29-20)32-33-23(19)25-30-22-18(5-7-28-24(22)31-25)16-4-3-6-26-11-16/h3-13H,14H2,1-2H3,(H,32,33)(H,28,30,31). The van der Waals surface area contributed by atoms with E-state index in [-0.39, 0.29) is 0 Å². The smallest absolute Gasteiger partial charge is 0.178 e. The van der Waals surface area contributed by atoms with Gasteiger partial charge in [0.2, 0.25) is 0 Å². The summed E-state index contributed by atoms with van der Waals surface area (Å²) in [5.74, 6) is 0.640. The van der Waals surface area contributed by atoms with Crippen LogP contribution in [0.2, 0.25) is 0 Å². The molecule has 9 heteroatoms. The molecule has 0 atom stereocenters. The predicted octanol–water partition coefficient (Wildman–Crippen LogP) is 4.08. The lowest BCUT2D eigenvalue weighted by Gasteiger charge is -2.10. The first-order chi connectivity index (χ1) is 16.7. The van der Waals surface area contributed by atoms with Crippen molar-refractivity contribution in [2.45, 2.75) is 6.54 Å². The fraction of sp³-hybridized carbons (Fsp3) is 0.120. The van der Waals surface area contributed by atoms with E-state index < -0.39 is 0 Å². The Kier molecular flexibility index (Phi) is 4.81. The van der Waals surface area contributed by atoms with Crippen molar-refractivity contribution >= 4 is 22.1 Å². The average Bonchev–Trinajstić information content (AvgIpc) is 3.48. The second-order valence-electron chi connectivity index (χ2n) is 8.39. The number of pyridine rings is 4. The van der Waals surface area contributed by atoms with Crippen molar-refractivity contribution in [1.29, 1.82) is 0 Å². The molecule has 0 saturated heterocycles. The van der Waals surface area contributed by atoms with Crippen LogP contribution < -0.4 is 0 Å². The minimum atomic E-state index is 0.627. The molecule has 0 bridgehead atoms. The number of aromatic nitrogens is 8. The Labute approximate surface area is 195 Å². The minimum Gasteiger partial charge on any atom is -0.335 e. The van der Waals surface area contributed by atoms with Gasteiger partial charge < -0.3 is 9.88 Å². The van der Waals surface area contributed by atoms with E-state index in [9.17, 15) is 0 Å². The molecule has 0 radical (unpaired) electrons. The number of aromatic amines is 2. The molecule has 0 fully saturated rings. The number of hydrogen-bond donors (Lipinski definition) is 2. The van der Waals surface area contributed by atoms with Gasteiger partial charge in [0.05, 0.1) is 22.9 Å².